The molecule has 1 aromatic carbocycles. The summed E-state index contributed by atoms with van der Waals surface area (Å²) in [5.41, 5.74) is 1.43. The Morgan fingerprint density at radius 1 is 1.33 bits per heavy atom. The topological polar surface area (TPSA) is 12.5 Å². The quantitative estimate of drug-likeness (QED) is 0.748. The summed E-state index contributed by atoms with van der Waals surface area (Å²) in [6.45, 7) is 6.34. The molecule has 1 unspecified atom stereocenters. The molecule has 2 rings (SSSR count). The summed E-state index contributed by atoms with van der Waals surface area (Å²) in [6.07, 6.45) is 1.54. The monoisotopic (exact) mass is 205 g/mol. The summed E-state index contributed by atoms with van der Waals surface area (Å²) >= 11 is 0. The van der Waals surface area contributed by atoms with Crippen LogP contribution < -0.4 is 0 Å². The maximum Gasteiger partial charge on any atom is 0.0674 e. The molecule has 0 N–H and O–H groups in total. The van der Waals surface area contributed by atoms with E-state index >= 15 is 0 Å². The third-order valence-corrected chi connectivity index (χ3v) is 2.88. The van der Waals surface area contributed by atoms with Gasteiger partial charge in [0, 0.05) is 19.6 Å². The molecule has 0 radical (unpaired) electrons. The highest BCUT2D eigenvalue weighted by Crippen LogP contribution is 2.06. The zero-order valence-corrected chi connectivity index (χ0v) is 9.36. The number of benzene rings is 1. The molecule has 2 heteroatoms. The average molecular weight is 205 g/mol. The fraction of sp³-hybridized carbons (Fsp3) is 0.538. The highest BCUT2D eigenvalue weighted by atomic mass is 16.5. The van der Waals surface area contributed by atoms with Crippen molar-refractivity contribution in [2.75, 3.05) is 26.2 Å². The minimum Gasteiger partial charge on any atom is -0.376 e. The van der Waals surface area contributed by atoms with Crippen molar-refractivity contribution in [1.82, 2.24) is 4.90 Å². The van der Waals surface area contributed by atoms with E-state index < -0.39 is 0 Å². The summed E-state index contributed by atoms with van der Waals surface area (Å²) in [5.74, 6) is 0. The van der Waals surface area contributed by atoms with Crippen LogP contribution in [-0.4, -0.2) is 37.2 Å². The zero-order valence-electron chi connectivity index (χ0n) is 9.36. The molecule has 0 bridgehead atoms. The van der Waals surface area contributed by atoms with E-state index in [0.717, 1.165) is 32.7 Å². The molecule has 1 aliphatic heterocycles. The fourth-order valence-corrected chi connectivity index (χ4v) is 2.03. The van der Waals surface area contributed by atoms with Crippen LogP contribution in [0.4, 0.5) is 0 Å². The van der Waals surface area contributed by atoms with E-state index in [0.29, 0.717) is 6.10 Å². The summed E-state index contributed by atoms with van der Waals surface area (Å²) < 4.78 is 5.52. The molecule has 82 valence electrons. The van der Waals surface area contributed by atoms with E-state index in [2.05, 4.69) is 42.2 Å². The molecule has 0 saturated carbocycles. The van der Waals surface area contributed by atoms with E-state index in [1.807, 2.05) is 0 Å². The van der Waals surface area contributed by atoms with Gasteiger partial charge in [0.2, 0.25) is 0 Å². The van der Waals surface area contributed by atoms with Crippen molar-refractivity contribution in [3.63, 3.8) is 0 Å². The lowest BCUT2D eigenvalue weighted by molar-refractivity contribution is -0.0177. The minimum atomic E-state index is 0.398. The van der Waals surface area contributed by atoms with Gasteiger partial charge in [0.1, 0.15) is 0 Å². The maximum absolute atomic E-state index is 5.52. The smallest absolute Gasteiger partial charge is 0.0674 e. The first-order valence-electron chi connectivity index (χ1n) is 5.72. The largest absolute Gasteiger partial charge is 0.376 e. The Labute approximate surface area is 91.9 Å². The van der Waals surface area contributed by atoms with Gasteiger partial charge in [-0.15, -0.1) is 0 Å². The lowest BCUT2D eigenvalue weighted by Gasteiger charge is -2.31. The van der Waals surface area contributed by atoms with Crippen LogP contribution in [0, 0.1) is 0 Å². The van der Waals surface area contributed by atoms with Gasteiger partial charge in [0.05, 0.1) is 12.7 Å². The summed E-state index contributed by atoms with van der Waals surface area (Å²) in [6, 6.07) is 10.7. The predicted molar refractivity (Wildman–Crippen MR) is 62.0 cm³/mol. The maximum atomic E-state index is 5.52. The predicted octanol–water partition coefficient (Wildman–Crippen LogP) is 1.95. The summed E-state index contributed by atoms with van der Waals surface area (Å²) in [5, 5.41) is 0. The van der Waals surface area contributed by atoms with Crippen LogP contribution in [0.25, 0.3) is 0 Å². The van der Waals surface area contributed by atoms with Crippen LogP contribution in [0.1, 0.15) is 12.5 Å². The number of hydrogen-bond donors (Lipinski definition) is 0. The Morgan fingerprint density at radius 2 is 2.13 bits per heavy atom. The Morgan fingerprint density at radius 3 is 2.87 bits per heavy atom. The van der Waals surface area contributed by atoms with Crippen molar-refractivity contribution in [2.24, 2.45) is 0 Å². The van der Waals surface area contributed by atoms with Gasteiger partial charge in [0.25, 0.3) is 0 Å². The van der Waals surface area contributed by atoms with Gasteiger partial charge in [0.15, 0.2) is 0 Å². The number of rotatable bonds is 3. The molecule has 1 fully saturated rings. The van der Waals surface area contributed by atoms with Crippen molar-refractivity contribution in [3.05, 3.63) is 35.9 Å². The molecule has 0 spiro atoms. The third-order valence-electron chi connectivity index (χ3n) is 2.88. The van der Waals surface area contributed by atoms with Gasteiger partial charge in [-0.3, -0.25) is 4.90 Å². The van der Waals surface area contributed by atoms with Crippen LogP contribution in [0.15, 0.2) is 30.3 Å². The van der Waals surface area contributed by atoms with Gasteiger partial charge in [-0.05, 0) is 18.9 Å². The molecule has 0 aliphatic carbocycles. The SMILES string of the molecule is CC1CN(CCc2ccccc2)CCO1. The second kappa shape index (κ2) is 5.29. The van der Waals surface area contributed by atoms with Crippen LogP contribution in [0.2, 0.25) is 0 Å². The van der Waals surface area contributed by atoms with Crippen molar-refractivity contribution < 1.29 is 4.74 Å². The van der Waals surface area contributed by atoms with E-state index in [1.54, 1.807) is 0 Å². The van der Waals surface area contributed by atoms with Gasteiger partial charge in [-0.1, -0.05) is 30.3 Å². The second-order valence-corrected chi connectivity index (χ2v) is 4.22. The van der Waals surface area contributed by atoms with Crippen LogP contribution in [0.3, 0.4) is 0 Å². The Kier molecular flexibility index (Phi) is 3.75. The van der Waals surface area contributed by atoms with Crippen molar-refractivity contribution >= 4 is 0 Å². The first kappa shape index (κ1) is 10.7. The van der Waals surface area contributed by atoms with E-state index in [4.69, 9.17) is 4.74 Å². The molecule has 1 saturated heterocycles. The number of morpholine rings is 1. The average Bonchev–Trinajstić information content (AvgIpc) is 2.28. The molecule has 1 atom stereocenters. The highest BCUT2D eigenvalue weighted by Gasteiger charge is 2.15. The van der Waals surface area contributed by atoms with E-state index in [1.165, 1.54) is 5.56 Å². The highest BCUT2D eigenvalue weighted by molar-refractivity contribution is 5.14. The van der Waals surface area contributed by atoms with Gasteiger partial charge in [-0.25, -0.2) is 0 Å². The molecule has 0 amide bonds. The standard InChI is InChI=1S/C13H19NO/c1-12-11-14(9-10-15-12)8-7-13-5-3-2-4-6-13/h2-6,12H,7-11H2,1H3. The Bertz CT molecular complexity index is 286. The Hall–Kier alpha value is -0.860. The molecule has 2 nitrogen and oxygen atoms in total. The van der Waals surface area contributed by atoms with Crippen LogP contribution in [0.5, 0.6) is 0 Å². The van der Waals surface area contributed by atoms with E-state index in [9.17, 15) is 0 Å². The van der Waals surface area contributed by atoms with Crippen LogP contribution in [-0.2, 0) is 11.2 Å². The summed E-state index contributed by atoms with van der Waals surface area (Å²) in [7, 11) is 0. The molecular weight excluding hydrogens is 186 g/mol. The normalized spacial score (nSPS) is 22.9. The zero-order chi connectivity index (χ0) is 10.5. The summed E-state index contributed by atoms with van der Waals surface area (Å²) in [4.78, 5) is 2.49. The van der Waals surface area contributed by atoms with Crippen molar-refractivity contribution in [3.8, 4) is 0 Å². The molecule has 1 aromatic rings. The first-order valence-corrected chi connectivity index (χ1v) is 5.72. The lowest BCUT2D eigenvalue weighted by Crippen LogP contribution is -2.41. The molecule has 1 heterocycles. The second-order valence-electron chi connectivity index (χ2n) is 4.22. The first-order chi connectivity index (χ1) is 7.34. The van der Waals surface area contributed by atoms with Crippen molar-refractivity contribution in [1.29, 1.82) is 0 Å². The number of nitrogens with zero attached hydrogens (tertiary/aromatic N) is 1. The lowest BCUT2D eigenvalue weighted by atomic mass is 10.1. The minimum absolute atomic E-state index is 0.398. The number of hydrogen-bond acceptors (Lipinski definition) is 2. The fourth-order valence-electron chi connectivity index (χ4n) is 2.03. The molecule has 0 aromatic heterocycles. The molecular formula is C13H19NO. The van der Waals surface area contributed by atoms with E-state index in [-0.39, 0.29) is 0 Å². The Balaban J connectivity index is 1.78. The van der Waals surface area contributed by atoms with Gasteiger partial charge < -0.3 is 4.74 Å². The molecule has 1 aliphatic rings. The third kappa shape index (κ3) is 3.33. The van der Waals surface area contributed by atoms with Crippen LogP contribution >= 0.6 is 0 Å². The number of ether oxygens (including phenoxy) is 1. The van der Waals surface area contributed by atoms with Crippen molar-refractivity contribution in [2.45, 2.75) is 19.4 Å². The van der Waals surface area contributed by atoms with Gasteiger partial charge in [-0.2, -0.15) is 0 Å². The van der Waals surface area contributed by atoms with Gasteiger partial charge >= 0.3 is 0 Å². The molecule has 15 heavy (non-hydrogen) atoms.